The van der Waals surface area contributed by atoms with Gasteiger partial charge in [-0.25, -0.2) is 0 Å². The number of anilines is 1. The van der Waals surface area contributed by atoms with E-state index in [-0.39, 0.29) is 6.04 Å². The van der Waals surface area contributed by atoms with E-state index in [9.17, 15) is 0 Å². The number of ether oxygens (including phenoxy) is 1. The van der Waals surface area contributed by atoms with Crippen LogP contribution in [-0.2, 0) is 0 Å². The molecule has 2 aromatic carbocycles. The van der Waals surface area contributed by atoms with E-state index in [0.29, 0.717) is 0 Å². The molecule has 0 bridgehead atoms. The van der Waals surface area contributed by atoms with Gasteiger partial charge in [-0.2, -0.15) is 0 Å². The lowest BCUT2D eigenvalue weighted by Gasteiger charge is -2.17. The zero-order chi connectivity index (χ0) is 13.8. The Hall–Kier alpha value is -1.00. The number of hydrogen-bond donors (Lipinski definition) is 1. The standard InChI is InChI=1S/C15H15Br2NO/c1-10(11-3-6-13(19-2)7-4-11)18-15-9-12(16)5-8-14(15)17/h3-10,18H,1-2H3. The van der Waals surface area contributed by atoms with Crippen LogP contribution in [0.1, 0.15) is 18.5 Å². The summed E-state index contributed by atoms with van der Waals surface area (Å²) in [6.45, 7) is 2.13. The third-order valence-corrected chi connectivity index (χ3v) is 4.10. The highest BCUT2D eigenvalue weighted by Gasteiger charge is 2.08. The molecular formula is C15H15Br2NO. The molecule has 0 aliphatic rings. The first-order chi connectivity index (χ1) is 9.10. The molecule has 0 aliphatic heterocycles. The molecule has 0 spiro atoms. The first-order valence-electron chi connectivity index (χ1n) is 5.95. The van der Waals surface area contributed by atoms with E-state index in [2.05, 4.69) is 62.3 Å². The van der Waals surface area contributed by atoms with Crippen LogP contribution in [0.3, 0.4) is 0 Å². The Morgan fingerprint density at radius 3 is 2.37 bits per heavy atom. The van der Waals surface area contributed by atoms with Crippen molar-refractivity contribution in [2.45, 2.75) is 13.0 Å². The zero-order valence-electron chi connectivity index (χ0n) is 10.8. The molecule has 0 radical (unpaired) electrons. The molecule has 0 saturated heterocycles. The third-order valence-electron chi connectivity index (χ3n) is 2.92. The molecule has 1 atom stereocenters. The van der Waals surface area contributed by atoms with E-state index in [1.54, 1.807) is 7.11 Å². The maximum atomic E-state index is 5.17. The number of halogens is 2. The fraction of sp³-hybridized carbons (Fsp3) is 0.200. The molecule has 2 nitrogen and oxygen atoms in total. The summed E-state index contributed by atoms with van der Waals surface area (Å²) in [4.78, 5) is 0. The van der Waals surface area contributed by atoms with Crippen molar-refractivity contribution in [3.63, 3.8) is 0 Å². The highest BCUT2D eigenvalue weighted by atomic mass is 79.9. The zero-order valence-corrected chi connectivity index (χ0v) is 14.0. The van der Waals surface area contributed by atoms with Crippen LogP contribution >= 0.6 is 31.9 Å². The van der Waals surface area contributed by atoms with Crippen LogP contribution < -0.4 is 10.1 Å². The molecule has 0 fully saturated rings. The third kappa shape index (κ3) is 3.74. The van der Waals surface area contributed by atoms with Gasteiger partial charge in [-0.15, -0.1) is 0 Å². The Morgan fingerprint density at radius 1 is 1.05 bits per heavy atom. The van der Waals surface area contributed by atoms with Crippen LogP contribution in [0.25, 0.3) is 0 Å². The van der Waals surface area contributed by atoms with Crippen molar-refractivity contribution in [3.8, 4) is 5.75 Å². The van der Waals surface area contributed by atoms with Crippen molar-refractivity contribution in [2.24, 2.45) is 0 Å². The van der Waals surface area contributed by atoms with Crippen LogP contribution in [0.4, 0.5) is 5.69 Å². The van der Waals surface area contributed by atoms with Gasteiger partial charge in [-0.05, 0) is 58.7 Å². The first-order valence-corrected chi connectivity index (χ1v) is 7.54. The van der Waals surface area contributed by atoms with E-state index >= 15 is 0 Å². The van der Waals surface area contributed by atoms with E-state index in [1.807, 2.05) is 24.3 Å². The number of rotatable bonds is 4. The summed E-state index contributed by atoms with van der Waals surface area (Å²) in [5, 5.41) is 3.49. The first kappa shape index (κ1) is 14.4. The van der Waals surface area contributed by atoms with Gasteiger partial charge in [-0.1, -0.05) is 28.1 Å². The fourth-order valence-electron chi connectivity index (χ4n) is 1.82. The molecule has 0 heterocycles. The number of nitrogens with one attached hydrogen (secondary N) is 1. The van der Waals surface area contributed by atoms with E-state index < -0.39 is 0 Å². The molecule has 0 amide bonds. The topological polar surface area (TPSA) is 21.3 Å². The largest absolute Gasteiger partial charge is 0.497 e. The maximum Gasteiger partial charge on any atom is 0.118 e. The summed E-state index contributed by atoms with van der Waals surface area (Å²) in [7, 11) is 1.68. The molecule has 4 heteroatoms. The SMILES string of the molecule is COc1ccc(C(C)Nc2cc(Br)ccc2Br)cc1. The molecule has 0 aromatic heterocycles. The number of methoxy groups -OCH3 is 1. The Balaban J connectivity index is 2.15. The van der Waals surface area contributed by atoms with Gasteiger partial charge in [0.2, 0.25) is 0 Å². The lowest BCUT2D eigenvalue weighted by Crippen LogP contribution is -2.07. The van der Waals surface area contributed by atoms with Crippen LogP contribution in [0.5, 0.6) is 5.75 Å². The summed E-state index contributed by atoms with van der Waals surface area (Å²) in [5.74, 6) is 0.875. The maximum absolute atomic E-state index is 5.17. The summed E-state index contributed by atoms with van der Waals surface area (Å²) in [6, 6.07) is 14.4. The predicted octanol–water partition coefficient (Wildman–Crippen LogP) is 5.39. The number of hydrogen-bond acceptors (Lipinski definition) is 2. The molecule has 1 N–H and O–H groups in total. The molecule has 100 valence electrons. The van der Waals surface area contributed by atoms with Crippen molar-refractivity contribution in [2.75, 3.05) is 12.4 Å². The number of benzene rings is 2. The van der Waals surface area contributed by atoms with Crippen LogP contribution in [0, 0.1) is 0 Å². The quantitative estimate of drug-likeness (QED) is 0.762. The van der Waals surface area contributed by atoms with Gasteiger partial charge in [0, 0.05) is 15.0 Å². The summed E-state index contributed by atoms with van der Waals surface area (Å²) in [6.07, 6.45) is 0. The minimum atomic E-state index is 0.219. The van der Waals surface area contributed by atoms with Crippen LogP contribution in [-0.4, -0.2) is 7.11 Å². The smallest absolute Gasteiger partial charge is 0.118 e. The molecule has 0 aliphatic carbocycles. The average molecular weight is 385 g/mol. The second-order valence-corrected chi connectivity index (χ2v) is 6.03. The summed E-state index contributed by atoms with van der Waals surface area (Å²) >= 11 is 7.03. The van der Waals surface area contributed by atoms with Gasteiger partial charge in [0.05, 0.1) is 12.8 Å². The minimum Gasteiger partial charge on any atom is -0.497 e. The summed E-state index contributed by atoms with van der Waals surface area (Å²) in [5.41, 5.74) is 2.28. The fourth-order valence-corrected chi connectivity index (χ4v) is 2.54. The van der Waals surface area contributed by atoms with Gasteiger partial charge in [0.15, 0.2) is 0 Å². The van der Waals surface area contributed by atoms with Gasteiger partial charge in [-0.3, -0.25) is 0 Å². The molecule has 19 heavy (non-hydrogen) atoms. The lowest BCUT2D eigenvalue weighted by atomic mass is 10.1. The highest BCUT2D eigenvalue weighted by Crippen LogP contribution is 2.29. The normalized spacial score (nSPS) is 12.0. The van der Waals surface area contributed by atoms with Crippen molar-refractivity contribution in [1.29, 1.82) is 0 Å². The van der Waals surface area contributed by atoms with E-state index in [1.165, 1.54) is 5.56 Å². The Bertz CT molecular complexity index is 555. The second-order valence-electron chi connectivity index (χ2n) is 4.26. The Labute approximate surface area is 130 Å². The van der Waals surface area contributed by atoms with Crippen molar-refractivity contribution in [3.05, 3.63) is 57.0 Å². The van der Waals surface area contributed by atoms with Gasteiger partial charge in [0.25, 0.3) is 0 Å². The van der Waals surface area contributed by atoms with Crippen molar-refractivity contribution < 1.29 is 4.74 Å². The van der Waals surface area contributed by atoms with Gasteiger partial charge >= 0.3 is 0 Å². The lowest BCUT2D eigenvalue weighted by molar-refractivity contribution is 0.414. The van der Waals surface area contributed by atoms with Gasteiger partial charge in [0.1, 0.15) is 5.75 Å². The molecule has 1 unspecified atom stereocenters. The Kier molecular flexibility index (Phi) is 4.88. The second kappa shape index (κ2) is 6.44. The molecule has 2 rings (SSSR count). The average Bonchev–Trinajstić information content (AvgIpc) is 2.43. The van der Waals surface area contributed by atoms with Gasteiger partial charge < -0.3 is 10.1 Å². The van der Waals surface area contributed by atoms with E-state index in [4.69, 9.17) is 4.74 Å². The van der Waals surface area contributed by atoms with E-state index in [0.717, 1.165) is 20.4 Å². The van der Waals surface area contributed by atoms with Crippen molar-refractivity contribution in [1.82, 2.24) is 0 Å². The molecule has 0 saturated carbocycles. The minimum absolute atomic E-state index is 0.219. The highest BCUT2D eigenvalue weighted by molar-refractivity contribution is 9.11. The molecule has 2 aromatic rings. The monoisotopic (exact) mass is 383 g/mol. The Morgan fingerprint density at radius 2 is 1.74 bits per heavy atom. The van der Waals surface area contributed by atoms with Crippen LogP contribution in [0.2, 0.25) is 0 Å². The van der Waals surface area contributed by atoms with Crippen molar-refractivity contribution >= 4 is 37.5 Å². The summed E-state index contributed by atoms with van der Waals surface area (Å²) < 4.78 is 7.28. The predicted molar refractivity (Wildman–Crippen MR) is 86.9 cm³/mol. The van der Waals surface area contributed by atoms with Crippen LogP contribution in [0.15, 0.2) is 51.4 Å². The molecular weight excluding hydrogens is 370 g/mol.